The van der Waals surface area contributed by atoms with E-state index in [0.717, 1.165) is 64.3 Å². The first-order valence-electron chi connectivity index (χ1n) is 9.81. The molecular weight excluding hydrogens is 348 g/mol. The molecule has 3 fully saturated rings. The second-order valence-corrected chi connectivity index (χ2v) is 7.60. The molecule has 27 heavy (non-hydrogen) atoms. The number of ether oxygens (including phenoxy) is 3. The second kappa shape index (κ2) is 7.98. The van der Waals surface area contributed by atoms with Gasteiger partial charge in [0.1, 0.15) is 24.4 Å². The van der Waals surface area contributed by atoms with Gasteiger partial charge in [-0.15, -0.1) is 0 Å². The summed E-state index contributed by atoms with van der Waals surface area (Å²) < 4.78 is 17.0. The van der Waals surface area contributed by atoms with E-state index in [0.29, 0.717) is 18.4 Å². The van der Waals surface area contributed by atoms with Crippen LogP contribution in [-0.2, 0) is 14.3 Å². The number of amides is 1. The van der Waals surface area contributed by atoms with Crippen LogP contribution < -0.4 is 9.64 Å². The van der Waals surface area contributed by atoms with Gasteiger partial charge in [-0.25, -0.2) is 9.97 Å². The van der Waals surface area contributed by atoms with Crippen LogP contribution in [0.15, 0.2) is 12.4 Å². The Labute approximate surface area is 159 Å². The zero-order valence-corrected chi connectivity index (χ0v) is 15.9. The molecule has 8 nitrogen and oxygen atoms in total. The average molecular weight is 376 g/mol. The molecule has 0 aromatic carbocycles. The van der Waals surface area contributed by atoms with Gasteiger partial charge in [-0.3, -0.25) is 4.79 Å². The summed E-state index contributed by atoms with van der Waals surface area (Å²) in [5.41, 5.74) is -0.111. The van der Waals surface area contributed by atoms with E-state index in [1.165, 1.54) is 6.33 Å². The van der Waals surface area contributed by atoms with Gasteiger partial charge in [0.25, 0.3) is 0 Å². The normalized spacial score (nSPS) is 23.7. The summed E-state index contributed by atoms with van der Waals surface area (Å²) in [6.45, 7) is 5.01. The Balaban J connectivity index is 1.23. The molecule has 0 radical (unpaired) electrons. The summed E-state index contributed by atoms with van der Waals surface area (Å²) in [6, 6.07) is 1.85. The molecular formula is C19H28N4O4. The topological polar surface area (TPSA) is 77.0 Å². The molecule has 0 bridgehead atoms. The van der Waals surface area contributed by atoms with Crippen LogP contribution in [-0.4, -0.2) is 79.5 Å². The molecule has 4 heterocycles. The van der Waals surface area contributed by atoms with Gasteiger partial charge in [-0.2, -0.15) is 0 Å². The molecule has 1 unspecified atom stereocenters. The molecule has 3 saturated heterocycles. The number of rotatable bonds is 7. The molecule has 3 aliphatic rings. The van der Waals surface area contributed by atoms with Crippen LogP contribution in [0, 0.1) is 5.92 Å². The lowest BCUT2D eigenvalue weighted by molar-refractivity contribution is -0.135. The van der Waals surface area contributed by atoms with E-state index < -0.39 is 0 Å². The molecule has 148 valence electrons. The van der Waals surface area contributed by atoms with Gasteiger partial charge in [0.15, 0.2) is 0 Å². The number of methoxy groups -OCH3 is 1. The predicted octanol–water partition coefficient (Wildman–Crippen LogP) is 1.11. The van der Waals surface area contributed by atoms with Crippen LogP contribution in [0.4, 0.5) is 5.82 Å². The van der Waals surface area contributed by atoms with Gasteiger partial charge in [-0.05, 0) is 31.6 Å². The third-order valence-corrected chi connectivity index (χ3v) is 5.97. The maximum absolute atomic E-state index is 12.0. The number of aromatic nitrogens is 2. The predicted molar refractivity (Wildman–Crippen MR) is 98.8 cm³/mol. The first-order chi connectivity index (χ1) is 13.2. The van der Waals surface area contributed by atoms with Gasteiger partial charge in [0.05, 0.1) is 20.2 Å². The highest BCUT2D eigenvalue weighted by Crippen LogP contribution is 2.43. The molecule has 1 atom stereocenters. The molecule has 8 heteroatoms. The lowest BCUT2D eigenvalue weighted by Crippen LogP contribution is -2.65. The average Bonchev–Trinajstić information content (AvgIpc) is 3.33. The van der Waals surface area contributed by atoms with Crippen molar-refractivity contribution >= 4 is 11.7 Å². The Morgan fingerprint density at radius 2 is 2.15 bits per heavy atom. The molecule has 0 saturated carbocycles. The molecule has 3 aliphatic heterocycles. The van der Waals surface area contributed by atoms with Gasteiger partial charge >= 0.3 is 0 Å². The SMILES string of the molecule is COc1cc(N2CC3(C2)OCCC3CCOCC(=O)N2CCCC2)ncn1. The first-order valence-corrected chi connectivity index (χ1v) is 9.81. The summed E-state index contributed by atoms with van der Waals surface area (Å²) in [7, 11) is 1.61. The van der Waals surface area contributed by atoms with Crippen molar-refractivity contribution in [2.45, 2.75) is 31.3 Å². The highest BCUT2D eigenvalue weighted by Gasteiger charge is 2.53. The Bertz CT molecular complexity index is 659. The number of hydrogen-bond acceptors (Lipinski definition) is 7. The van der Waals surface area contributed by atoms with Crippen molar-refractivity contribution in [3.8, 4) is 5.88 Å². The Hall–Kier alpha value is -1.93. The maximum atomic E-state index is 12.0. The number of likely N-dealkylation sites (tertiary alicyclic amines) is 1. The molecule has 0 N–H and O–H groups in total. The molecule has 1 amide bonds. The van der Waals surface area contributed by atoms with Crippen LogP contribution in [0.3, 0.4) is 0 Å². The lowest BCUT2D eigenvalue weighted by atomic mass is 9.79. The fraction of sp³-hybridized carbons (Fsp3) is 0.737. The van der Waals surface area contributed by atoms with Crippen molar-refractivity contribution in [3.63, 3.8) is 0 Å². The Morgan fingerprint density at radius 1 is 1.33 bits per heavy atom. The standard InChI is InChI=1S/C19H28N4O4/c1-25-17-10-16(20-14-21-17)23-12-19(13-23)15(5-9-27-19)4-8-26-11-18(24)22-6-2-3-7-22/h10,14-15H,2-9,11-13H2,1H3. The molecule has 1 aromatic heterocycles. The highest BCUT2D eigenvalue weighted by atomic mass is 16.5. The van der Waals surface area contributed by atoms with E-state index >= 15 is 0 Å². The van der Waals surface area contributed by atoms with Crippen molar-refractivity contribution in [2.24, 2.45) is 5.92 Å². The number of nitrogens with zero attached hydrogens (tertiary/aromatic N) is 4. The fourth-order valence-corrected chi connectivity index (χ4v) is 4.36. The molecule has 1 aromatic rings. The zero-order valence-electron chi connectivity index (χ0n) is 15.9. The summed E-state index contributed by atoms with van der Waals surface area (Å²) in [5, 5.41) is 0. The van der Waals surface area contributed by atoms with E-state index in [1.807, 2.05) is 11.0 Å². The summed E-state index contributed by atoms with van der Waals surface area (Å²) in [4.78, 5) is 24.5. The van der Waals surface area contributed by atoms with Crippen molar-refractivity contribution in [1.29, 1.82) is 0 Å². The number of anilines is 1. The number of carbonyl (C=O) groups excluding carboxylic acids is 1. The second-order valence-electron chi connectivity index (χ2n) is 7.60. The van der Waals surface area contributed by atoms with Gasteiger partial charge in [0.2, 0.25) is 11.8 Å². The van der Waals surface area contributed by atoms with Crippen LogP contribution in [0.25, 0.3) is 0 Å². The zero-order chi connectivity index (χ0) is 18.7. The lowest BCUT2D eigenvalue weighted by Gasteiger charge is -2.50. The molecule has 1 spiro atoms. The van der Waals surface area contributed by atoms with Crippen LogP contribution in [0.2, 0.25) is 0 Å². The molecule has 0 aliphatic carbocycles. The summed E-state index contributed by atoms with van der Waals surface area (Å²) in [5.74, 6) is 2.02. The van der Waals surface area contributed by atoms with Crippen molar-refractivity contribution in [2.75, 3.05) is 58.0 Å². The van der Waals surface area contributed by atoms with Crippen molar-refractivity contribution in [3.05, 3.63) is 12.4 Å². The van der Waals surface area contributed by atoms with Crippen LogP contribution in [0.5, 0.6) is 5.88 Å². The minimum Gasteiger partial charge on any atom is -0.481 e. The smallest absolute Gasteiger partial charge is 0.248 e. The largest absolute Gasteiger partial charge is 0.481 e. The first kappa shape index (κ1) is 18.4. The van der Waals surface area contributed by atoms with Crippen LogP contribution in [0.1, 0.15) is 25.7 Å². The Kier molecular flexibility index (Phi) is 5.45. The maximum Gasteiger partial charge on any atom is 0.248 e. The highest BCUT2D eigenvalue weighted by molar-refractivity contribution is 5.77. The number of hydrogen-bond donors (Lipinski definition) is 0. The monoisotopic (exact) mass is 376 g/mol. The Morgan fingerprint density at radius 3 is 2.93 bits per heavy atom. The summed E-state index contributed by atoms with van der Waals surface area (Å²) >= 11 is 0. The van der Waals surface area contributed by atoms with Crippen molar-refractivity contribution in [1.82, 2.24) is 14.9 Å². The number of carbonyl (C=O) groups is 1. The van der Waals surface area contributed by atoms with E-state index in [2.05, 4.69) is 14.9 Å². The van der Waals surface area contributed by atoms with Crippen LogP contribution >= 0.6 is 0 Å². The minimum absolute atomic E-state index is 0.111. The van der Waals surface area contributed by atoms with E-state index in [9.17, 15) is 4.79 Å². The van der Waals surface area contributed by atoms with E-state index in [1.54, 1.807) is 7.11 Å². The van der Waals surface area contributed by atoms with Gasteiger partial charge < -0.3 is 24.0 Å². The van der Waals surface area contributed by atoms with E-state index in [4.69, 9.17) is 14.2 Å². The fourth-order valence-electron chi connectivity index (χ4n) is 4.36. The van der Waals surface area contributed by atoms with Gasteiger partial charge in [0, 0.05) is 32.4 Å². The summed E-state index contributed by atoms with van der Waals surface area (Å²) in [6.07, 6.45) is 5.72. The van der Waals surface area contributed by atoms with E-state index in [-0.39, 0.29) is 18.1 Å². The van der Waals surface area contributed by atoms with Crippen molar-refractivity contribution < 1.29 is 19.0 Å². The quantitative estimate of drug-likeness (QED) is 0.660. The molecule has 4 rings (SSSR count). The third kappa shape index (κ3) is 3.87. The third-order valence-electron chi connectivity index (χ3n) is 5.97. The minimum atomic E-state index is -0.111. The van der Waals surface area contributed by atoms with Gasteiger partial charge in [-0.1, -0.05) is 0 Å².